The highest BCUT2D eigenvalue weighted by molar-refractivity contribution is 6.32. The summed E-state index contributed by atoms with van der Waals surface area (Å²) in [4.78, 5) is 2.32. The summed E-state index contributed by atoms with van der Waals surface area (Å²) in [7, 11) is 1.60. The Labute approximate surface area is 130 Å². The molecule has 2 rings (SSSR count). The zero-order valence-electron chi connectivity index (χ0n) is 11.6. The Morgan fingerprint density at radius 3 is 2.70 bits per heavy atom. The highest BCUT2D eigenvalue weighted by Crippen LogP contribution is 2.31. The fraction of sp³-hybridized carbons (Fsp3) is 0.571. The molecule has 0 radical (unpaired) electrons. The van der Waals surface area contributed by atoms with Crippen molar-refractivity contribution in [2.75, 3.05) is 40.0 Å². The van der Waals surface area contributed by atoms with Gasteiger partial charge in [-0.15, -0.1) is 12.4 Å². The quantitative estimate of drug-likeness (QED) is 0.901. The third-order valence-electron chi connectivity index (χ3n) is 3.53. The molecule has 20 heavy (non-hydrogen) atoms. The number of halogens is 3. The number of ether oxygens (including phenoxy) is 1. The lowest BCUT2D eigenvalue weighted by Gasteiger charge is -2.35. The molecule has 1 aliphatic heterocycles. The topological polar surface area (TPSA) is 24.5 Å². The Morgan fingerprint density at radius 1 is 1.40 bits per heavy atom. The van der Waals surface area contributed by atoms with Crippen LogP contribution in [-0.2, 0) is 0 Å². The monoisotopic (exact) mass is 322 g/mol. The molecule has 0 amide bonds. The first-order chi connectivity index (χ1) is 9.26. The van der Waals surface area contributed by atoms with Crippen LogP contribution in [0, 0.1) is 0 Å². The van der Waals surface area contributed by atoms with E-state index < -0.39 is 0 Å². The normalized spacial score (nSPS) is 17.4. The van der Waals surface area contributed by atoms with Crippen LogP contribution in [0.2, 0.25) is 5.02 Å². The summed E-state index contributed by atoms with van der Waals surface area (Å²) in [6, 6.07) is 5.81. The van der Waals surface area contributed by atoms with Gasteiger partial charge < -0.3 is 10.1 Å². The molecule has 0 aromatic heterocycles. The van der Waals surface area contributed by atoms with E-state index in [9.17, 15) is 4.39 Å². The van der Waals surface area contributed by atoms with Crippen molar-refractivity contribution in [2.45, 2.75) is 12.5 Å². The van der Waals surface area contributed by atoms with Crippen LogP contribution >= 0.6 is 24.0 Å². The molecule has 1 aliphatic rings. The Balaban J connectivity index is 0.00000200. The van der Waals surface area contributed by atoms with Gasteiger partial charge in [-0.1, -0.05) is 17.7 Å². The van der Waals surface area contributed by atoms with Crippen molar-refractivity contribution < 1.29 is 9.13 Å². The number of methoxy groups -OCH3 is 1. The second-order valence-electron chi connectivity index (χ2n) is 4.67. The van der Waals surface area contributed by atoms with Gasteiger partial charge in [-0.3, -0.25) is 9.29 Å². The number of alkyl halides is 1. The minimum atomic E-state index is -0.320. The standard InChI is InChI=1S/C14H20ClFN2O.ClH/c1-19-14-10-11(2-3-12(14)15)13(4-5-16)18-8-6-17-7-9-18;/h2-3,10,13,17H,4-9H2,1H3;1H/t13-;/m0./s1. The van der Waals surface area contributed by atoms with E-state index in [1.54, 1.807) is 7.11 Å². The largest absolute Gasteiger partial charge is 0.495 e. The van der Waals surface area contributed by atoms with Crippen LogP contribution in [0.25, 0.3) is 0 Å². The maximum Gasteiger partial charge on any atom is 0.137 e. The molecule has 0 spiro atoms. The molecule has 1 N–H and O–H groups in total. The summed E-state index contributed by atoms with van der Waals surface area (Å²) in [6.45, 7) is 3.46. The molecule has 1 atom stereocenters. The highest BCUT2D eigenvalue weighted by atomic mass is 35.5. The van der Waals surface area contributed by atoms with E-state index in [1.807, 2.05) is 18.2 Å². The average Bonchev–Trinajstić information content (AvgIpc) is 2.46. The van der Waals surface area contributed by atoms with Crippen molar-refractivity contribution in [3.05, 3.63) is 28.8 Å². The lowest BCUT2D eigenvalue weighted by atomic mass is 10.0. The van der Waals surface area contributed by atoms with Crippen LogP contribution in [0.5, 0.6) is 5.75 Å². The summed E-state index contributed by atoms with van der Waals surface area (Å²) < 4.78 is 18.1. The van der Waals surface area contributed by atoms with Gasteiger partial charge in [0.25, 0.3) is 0 Å². The minimum absolute atomic E-state index is 0. The van der Waals surface area contributed by atoms with Gasteiger partial charge in [-0.2, -0.15) is 0 Å². The minimum Gasteiger partial charge on any atom is -0.495 e. The second-order valence-corrected chi connectivity index (χ2v) is 5.08. The van der Waals surface area contributed by atoms with Crippen LogP contribution in [0.1, 0.15) is 18.0 Å². The fourth-order valence-corrected chi connectivity index (χ4v) is 2.74. The molecule has 1 fully saturated rings. The van der Waals surface area contributed by atoms with Gasteiger partial charge in [0.05, 0.1) is 18.8 Å². The Morgan fingerprint density at radius 2 is 2.10 bits per heavy atom. The molecule has 6 heteroatoms. The third kappa shape index (κ3) is 4.22. The van der Waals surface area contributed by atoms with Crippen LogP contribution in [0.15, 0.2) is 18.2 Å². The molecule has 3 nitrogen and oxygen atoms in total. The van der Waals surface area contributed by atoms with Crippen molar-refractivity contribution >= 4 is 24.0 Å². The molecule has 114 valence electrons. The predicted molar refractivity (Wildman–Crippen MR) is 83.0 cm³/mol. The summed E-state index contributed by atoms with van der Waals surface area (Å²) in [5.74, 6) is 0.651. The van der Waals surface area contributed by atoms with Gasteiger partial charge in [0.15, 0.2) is 0 Å². The van der Waals surface area contributed by atoms with E-state index in [0.29, 0.717) is 17.2 Å². The predicted octanol–water partition coefficient (Wildman–Crippen LogP) is 3.08. The smallest absolute Gasteiger partial charge is 0.137 e. The summed E-state index contributed by atoms with van der Waals surface area (Å²) in [5, 5.41) is 3.90. The molecule has 1 saturated heterocycles. The third-order valence-corrected chi connectivity index (χ3v) is 3.85. The van der Waals surface area contributed by atoms with Crippen molar-refractivity contribution in [3.63, 3.8) is 0 Å². The number of nitrogens with one attached hydrogen (secondary N) is 1. The lowest BCUT2D eigenvalue weighted by Crippen LogP contribution is -2.45. The maximum atomic E-state index is 12.8. The van der Waals surface area contributed by atoms with E-state index in [2.05, 4.69) is 10.2 Å². The average molecular weight is 323 g/mol. The maximum absolute atomic E-state index is 12.8. The van der Waals surface area contributed by atoms with Gasteiger partial charge in [0, 0.05) is 32.2 Å². The molecule has 0 saturated carbocycles. The number of hydrogen-bond donors (Lipinski definition) is 1. The number of piperazine rings is 1. The fourth-order valence-electron chi connectivity index (χ4n) is 2.54. The van der Waals surface area contributed by atoms with Gasteiger partial charge in [0.2, 0.25) is 0 Å². The van der Waals surface area contributed by atoms with Crippen molar-refractivity contribution in [1.82, 2.24) is 10.2 Å². The number of benzene rings is 1. The van der Waals surface area contributed by atoms with Gasteiger partial charge in [0.1, 0.15) is 5.75 Å². The zero-order chi connectivity index (χ0) is 13.7. The van der Waals surface area contributed by atoms with Crippen LogP contribution in [-0.4, -0.2) is 44.9 Å². The van der Waals surface area contributed by atoms with Gasteiger partial charge >= 0.3 is 0 Å². The highest BCUT2D eigenvalue weighted by Gasteiger charge is 2.22. The first-order valence-electron chi connectivity index (χ1n) is 6.60. The summed E-state index contributed by atoms with van der Waals surface area (Å²) >= 11 is 6.04. The number of rotatable bonds is 5. The van der Waals surface area contributed by atoms with Gasteiger partial charge in [-0.05, 0) is 24.1 Å². The van der Waals surface area contributed by atoms with Crippen LogP contribution in [0.3, 0.4) is 0 Å². The zero-order valence-corrected chi connectivity index (χ0v) is 13.1. The van der Waals surface area contributed by atoms with Crippen molar-refractivity contribution in [1.29, 1.82) is 0 Å². The molecule has 0 unspecified atom stereocenters. The number of hydrogen-bond acceptors (Lipinski definition) is 3. The Kier molecular flexibility index (Phi) is 7.59. The molecule has 1 aromatic carbocycles. The van der Waals surface area contributed by atoms with E-state index in [-0.39, 0.29) is 25.1 Å². The van der Waals surface area contributed by atoms with Crippen molar-refractivity contribution in [3.8, 4) is 5.75 Å². The molecule has 0 aliphatic carbocycles. The summed E-state index contributed by atoms with van der Waals surface area (Å²) in [6.07, 6.45) is 0.505. The van der Waals surface area contributed by atoms with Gasteiger partial charge in [-0.25, -0.2) is 0 Å². The second kappa shape index (κ2) is 8.67. The van der Waals surface area contributed by atoms with E-state index in [1.165, 1.54) is 0 Å². The molecular formula is C14H21Cl2FN2O. The van der Waals surface area contributed by atoms with Crippen LogP contribution < -0.4 is 10.1 Å². The van der Waals surface area contributed by atoms with E-state index in [4.69, 9.17) is 16.3 Å². The lowest BCUT2D eigenvalue weighted by molar-refractivity contribution is 0.157. The first kappa shape index (κ1) is 17.5. The van der Waals surface area contributed by atoms with E-state index in [0.717, 1.165) is 31.7 Å². The van der Waals surface area contributed by atoms with Crippen molar-refractivity contribution in [2.24, 2.45) is 0 Å². The molecule has 1 heterocycles. The molecule has 1 aromatic rings. The first-order valence-corrected chi connectivity index (χ1v) is 6.98. The Bertz CT molecular complexity index is 414. The molecule has 0 bridgehead atoms. The Hall–Kier alpha value is -0.550. The SMILES string of the molecule is COc1cc([C@H](CCF)N2CCNCC2)ccc1Cl.Cl. The number of nitrogens with zero attached hydrogens (tertiary/aromatic N) is 1. The van der Waals surface area contributed by atoms with E-state index >= 15 is 0 Å². The molecular weight excluding hydrogens is 302 g/mol. The summed E-state index contributed by atoms with van der Waals surface area (Å²) in [5.41, 5.74) is 1.07. The van der Waals surface area contributed by atoms with Crippen LogP contribution in [0.4, 0.5) is 4.39 Å².